The highest BCUT2D eigenvalue weighted by Gasteiger charge is 2.31. The van der Waals surface area contributed by atoms with Crippen molar-refractivity contribution >= 4 is 15.5 Å². The second kappa shape index (κ2) is 4.90. The van der Waals surface area contributed by atoms with Gasteiger partial charge in [-0.05, 0) is 31.0 Å². The maximum absolute atomic E-state index is 11.7. The van der Waals surface area contributed by atoms with E-state index in [1.165, 1.54) is 11.1 Å². The van der Waals surface area contributed by atoms with Crippen LogP contribution >= 0.6 is 0 Å². The number of nitrogens with zero attached hydrogens (tertiary/aromatic N) is 1. The third-order valence-corrected chi connectivity index (χ3v) is 5.39. The molecule has 1 fully saturated rings. The molecule has 0 bridgehead atoms. The van der Waals surface area contributed by atoms with Gasteiger partial charge in [0.1, 0.15) is 0 Å². The second-order valence-corrected chi connectivity index (χ2v) is 7.15. The molecule has 0 amide bonds. The number of sulfone groups is 1. The molecule has 5 heteroatoms. The molecule has 1 unspecified atom stereocenters. The second-order valence-electron chi connectivity index (χ2n) is 4.92. The summed E-state index contributed by atoms with van der Waals surface area (Å²) in [6, 6.07) is 6.01. The van der Waals surface area contributed by atoms with Crippen molar-refractivity contribution in [3.8, 4) is 0 Å². The number of nitrogens with two attached hydrogens (primary N) is 1. The van der Waals surface area contributed by atoms with Crippen LogP contribution in [0.1, 0.15) is 11.1 Å². The van der Waals surface area contributed by atoms with Gasteiger partial charge in [0.05, 0.1) is 17.5 Å². The van der Waals surface area contributed by atoms with E-state index in [1.807, 2.05) is 12.1 Å². The van der Waals surface area contributed by atoms with Gasteiger partial charge >= 0.3 is 0 Å². The number of rotatable bonds is 2. The topological polar surface area (TPSA) is 63.4 Å². The smallest absolute Gasteiger partial charge is 0.154 e. The van der Waals surface area contributed by atoms with Crippen LogP contribution in [0.4, 0.5) is 5.69 Å². The Morgan fingerprint density at radius 2 is 2.11 bits per heavy atom. The predicted molar refractivity (Wildman–Crippen MR) is 74.8 cm³/mol. The van der Waals surface area contributed by atoms with Crippen LogP contribution in [-0.4, -0.2) is 39.1 Å². The van der Waals surface area contributed by atoms with Crippen molar-refractivity contribution in [1.29, 1.82) is 0 Å². The van der Waals surface area contributed by atoms with Gasteiger partial charge in [0.25, 0.3) is 0 Å². The lowest BCUT2D eigenvalue weighted by Crippen LogP contribution is -2.52. The third kappa shape index (κ3) is 2.52. The highest BCUT2D eigenvalue weighted by Crippen LogP contribution is 2.26. The van der Waals surface area contributed by atoms with Gasteiger partial charge in [-0.1, -0.05) is 12.1 Å². The van der Waals surface area contributed by atoms with Crippen LogP contribution in [0.2, 0.25) is 0 Å². The Morgan fingerprint density at radius 1 is 1.39 bits per heavy atom. The van der Waals surface area contributed by atoms with Crippen molar-refractivity contribution in [2.45, 2.75) is 19.9 Å². The Kier molecular flexibility index (Phi) is 3.64. The lowest BCUT2D eigenvalue weighted by atomic mass is 10.1. The first-order valence-corrected chi connectivity index (χ1v) is 8.00. The summed E-state index contributed by atoms with van der Waals surface area (Å²) in [6.07, 6.45) is 0. The van der Waals surface area contributed by atoms with E-state index in [0.29, 0.717) is 13.1 Å². The summed E-state index contributed by atoms with van der Waals surface area (Å²) in [5.74, 6) is 0.383. The first-order chi connectivity index (χ1) is 8.44. The first kappa shape index (κ1) is 13.4. The highest BCUT2D eigenvalue weighted by molar-refractivity contribution is 7.91. The van der Waals surface area contributed by atoms with Crippen molar-refractivity contribution in [2.75, 3.05) is 29.5 Å². The van der Waals surface area contributed by atoms with E-state index in [0.717, 1.165) is 5.69 Å². The summed E-state index contributed by atoms with van der Waals surface area (Å²) in [5, 5.41) is 0. The monoisotopic (exact) mass is 268 g/mol. The summed E-state index contributed by atoms with van der Waals surface area (Å²) in [4.78, 5) is 2.14. The molecule has 100 valence electrons. The molecule has 1 heterocycles. The van der Waals surface area contributed by atoms with Crippen molar-refractivity contribution < 1.29 is 8.42 Å². The molecule has 0 aromatic heterocycles. The molecule has 1 aromatic carbocycles. The minimum Gasteiger partial charge on any atom is -0.365 e. The van der Waals surface area contributed by atoms with E-state index in [-0.39, 0.29) is 17.5 Å². The van der Waals surface area contributed by atoms with Crippen LogP contribution in [0.15, 0.2) is 18.2 Å². The summed E-state index contributed by atoms with van der Waals surface area (Å²) >= 11 is 0. The molecule has 0 spiro atoms. The molecule has 2 N–H and O–H groups in total. The summed E-state index contributed by atoms with van der Waals surface area (Å²) in [5.41, 5.74) is 9.27. The minimum absolute atomic E-state index is 0.107. The average Bonchev–Trinajstić information content (AvgIpc) is 2.32. The molecule has 18 heavy (non-hydrogen) atoms. The lowest BCUT2D eigenvalue weighted by Gasteiger charge is -2.37. The molecule has 1 aliphatic heterocycles. The van der Waals surface area contributed by atoms with E-state index >= 15 is 0 Å². The van der Waals surface area contributed by atoms with E-state index in [1.54, 1.807) is 0 Å². The molecule has 1 aliphatic rings. The predicted octanol–water partition coefficient (Wildman–Crippen LogP) is 0.866. The molecule has 4 nitrogen and oxygen atoms in total. The van der Waals surface area contributed by atoms with Crippen LogP contribution in [0.25, 0.3) is 0 Å². The van der Waals surface area contributed by atoms with E-state index < -0.39 is 9.84 Å². The van der Waals surface area contributed by atoms with Crippen LogP contribution in [0.5, 0.6) is 0 Å². The Bertz CT molecular complexity index is 540. The van der Waals surface area contributed by atoms with Crippen molar-refractivity contribution in [1.82, 2.24) is 0 Å². The molecule has 2 rings (SSSR count). The maximum Gasteiger partial charge on any atom is 0.154 e. The zero-order chi connectivity index (χ0) is 13.3. The summed E-state index contributed by atoms with van der Waals surface area (Å²) < 4.78 is 23.3. The quantitative estimate of drug-likeness (QED) is 0.864. The van der Waals surface area contributed by atoms with Crippen molar-refractivity contribution in [2.24, 2.45) is 5.73 Å². The molecule has 0 aliphatic carbocycles. The van der Waals surface area contributed by atoms with E-state index in [4.69, 9.17) is 5.73 Å². The molecular formula is C13H20N2O2S. The molecule has 1 aromatic rings. The largest absolute Gasteiger partial charge is 0.365 e. The average molecular weight is 268 g/mol. The van der Waals surface area contributed by atoms with Gasteiger partial charge in [0.2, 0.25) is 0 Å². The van der Waals surface area contributed by atoms with Gasteiger partial charge < -0.3 is 10.6 Å². The van der Waals surface area contributed by atoms with Gasteiger partial charge in [0, 0.05) is 18.8 Å². The van der Waals surface area contributed by atoms with Gasteiger partial charge in [-0.25, -0.2) is 8.42 Å². The molecule has 0 saturated carbocycles. The Hall–Kier alpha value is -1.07. The zero-order valence-electron chi connectivity index (χ0n) is 10.9. The summed E-state index contributed by atoms with van der Waals surface area (Å²) in [7, 11) is -2.93. The third-order valence-electron chi connectivity index (χ3n) is 3.69. The van der Waals surface area contributed by atoms with Crippen molar-refractivity contribution in [3.05, 3.63) is 29.3 Å². The molecule has 1 saturated heterocycles. The number of anilines is 1. The Balaban J connectivity index is 2.35. The number of aryl methyl sites for hydroxylation is 1. The van der Waals surface area contributed by atoms with E-state index in [9.17, 15) is 8.42 Å². The Morgan fingerprint density at radius 3 is 2.78 bits per heavy atom. The highest BCUT2D eigenvalue weighted by atomic mass is 32.2. The van der Waals surface area contributed by atoms with Gasteiger partial charge in [0.15, 0.2) is 9.84 Å². The van der Waals surface area contributed by atoms with Crippen LogP contribution in [0, 0.1) is 13.8 Å². The molecule has 1 atom stereocenters. The van der Waals surface area contributed by atoms with Crippen LogP contribution < -0.4 is 10.6 Å². The maximum atomic E-state index is 11.7. The normalized spacial score (nSPS) is 23.1. The van der Waals surface area contributed by atoms with Crippen LogP contribution in [0.3, 0.4) is 0 Å². The SMILES string of the molecule is Cc1cccc(N2CCS(=O)(=O)CC2CN)c1C. The molecule has 0 radical (unpaired) electrons. The first-order valence-electron chi connectivity index (χ1n) is 6.18. The zero-order valence-corrected chi connectivity index (χ0v) is 11.7. The number of benzene rings is 1. The fraction of sp³-hybridized carbons (Fsp3) is 0.538. The molecular weight excluding hydrogens is 248 g/mol. The Labute approximate surface area is 109 Å². The standard InChI is InChI=1S/C13H20N2O2S/c1-10-4-3-5-13(11(10)2)15-6-7-18(16,17)9-12(15)8-14/h3-5,12H,6-9,14H2,1-2H3. The fourth-order valence-corrected chi connectivity index (χ4v) is 3.99. The summed E-state index contributed by atoms with van der Waals surface area (Å²) in [6.45, 7) is 5.04. The van der Waals surface area contributed by atoms with Gasteiger partial charge in [-0.15, -0.1) is 0 Å². The lowest BCUT2D eigenvalue weighted by molar-refractivity contribution is 0.558. The van der Waals surface area contributed by atoms with Gasteiger partial charge in [-0.3, -0.25) is 0 Å². The van der Waals surface area contributed by atoms with E-state index in [2.05, 4.69) is 24.8 Å². The fourth-order valence-electron chi connectivity index (χ4n) is 2.45. The van der Waals surface area contributed by atoms with Crippen molar-refractivity contribution in [3.63, 3.8) is 0 Å². The number of hydrogen-bond acceptors (Lipinski definition) is 4. The number of hydrogen-bond donors (Lipinski definition) is 1. The minimum atomic E-state index is -2.93. The van der Waals surface area contributed by atoms with Crippen LogP contribution in [-0.2, 0) is 9.84 Å². The van der Waals surface area contributed by atoms with Gasteiger partial charge in [-0.2, -0.15) is 0 Å².